The van der Waals surface area contributed by atoms with E-state index >= 15 is 0 Å². The van der Waals surface area contributed by atoms with Crippen LogP contribution in [0.1, 0.15) is 36.8 Å². The van der Waals surface area contributed by atoms with Crippen molar-refractivity contribution in [3.8, 4) is 23.0 Å². The van der Waals surface area contributed by atoms with Gasteiger partial charge in [-0.2, -0.15) is 0 Å². The van der Waals surface area contributed by atoms with E-state index in [1.165, 1.54) is 0 Å². The SMILES string of the molecule is COc1ccc(OC)c(CC(=O)NCCCNCCCCNCCCNC(=O)Cc2cc(OC)ccc2OC)c1. The quantitative estimate of drug-likeness (QED) is 0.173. The van der Waals surface area contributed by atoms with E-state index in [0.717, 1.165) is 63.0 Å². The van der Waals surface area contributed by atoms with Crippen LogP contribution in [-0.4, -0.2) is 79.5 Å². The molecular formula is C30H46N4O6. The zero-order chi connectivity index (χ0) is 29.0. The Kier molecular flexibility index (Phi) is 16.0. The minimum absolute atomic E-state index is 0.0331. The molecule has 0 bridgehead atoms. The Bertz CT molecular complexity index is 952. The zero-order valence-corrected chi connectivity index (χ0v) is 24.4. The van der Waals surface area contributed by atoms with E-state index in [-0.39, 0.29) is 24.7 Å². The normalized spacial score (nSPS) is 10.6. The van der Waals surface area contributed by atoms with Crippen molar-refractivity contribution in [3.63, 3.8) is 0 Å². The van der Waals surface area contributed by atoms with Gasteiger partial charge in [-0.05, 0) is 88.3 Å². The van der Waals surface area contributed by atoms with Crippen LogP contribution < -0.4 is 40.2 Å². The summed E-state index contributed by atoms with van der Waals surface area (Å²) < 4.78 is 21.1. The van der Waals surface area contributed by atoms with E-state index in [1.54, 1.807) is 28.4 Å². The Morgan fingerprint density at radius 2 is 0.950 bits per heavy atom. The van der Waals surface area contributed by atoms with Gasteiger partial charge in [0.15, 0.2) is 0 Å². The van der Waals surface area contributed by atoms with Crippen molar-refractivity contribution in [3.05, 3.63) is 47.5 Å². The van der Waals surface area contributed by atoms with Crippen LogP contribution >= 0.6 is 0 Å². The third kappa shape index (κ3) is 12.6. The number of nitrogens with one attached hydrogen (secondary N) is 4. The first-order chi connectivity index (χ1) is 19.5. The van der Waals surface area contributed by atoms with Gasteiger partial charge in [0.05, 0.1) is 41.3 Å². The largest absolute Gasteiger partial charge is 0.497 e. The van der Waals surface area contributed by atoms with Gasteiger partial charge >= 0.3 is 0 Å². The predicted molar refractivity (Wildman–Crippen MR) is 157 cm³/mol. The summed E-state index contributed by atoms with van der Waals surface area (Å²) in [4.78, 5) is 24.5. The summed E-state index contributed by atoms with van der Waals surface area (Å²) in [5.41, 5.74) is 1.61. The first-order valence-electron chi connectivity index (χ1n) is 13.9. The number of hydrogen-bond donors (Lipinski definition) is 4. The molecule has 4 N–H and O–H groups in total. The van der Waals surface area contributed by atoms with Gasteiger partial charge in [-0.3, -0.25) is 9.59 Å². The molecule has 2 aromatic carbocycles. The molecule has 0 atom stereocenters. The topological polar surface area (TPSA) is 119 Å². The number of ether oxygens (including phenoxy) is 4. The van der Waals surface area contributed by atoms with Crippen molar-refractivity contribution < 1.29 is 28.5 Å². The molecule has 10 nitrogen and oxygen atoms in total. The highest BCUT2D eigenvalue weighted by Gasteiger charge is 2.11. The molecule has 0 aromatic heterocycles. The lowest BCUT2D eigenvalue weighted by Gasteiger charge is -2.11. The Balaban J connectivity index is 1.42. The maximum Gasteiger partial charge on any atom is 0.224 e. The molecule has 0 unspecified atom stereocenters. The Morgan fingerprint density at radius 3 is 1.32 bits per heavy atom. The predicted octanol–water partition coefficient (Wildman–Crippen LogP) is 2.48. The van der Waals surface area contributed by atoms with Crippen LogP contribution in [0, 0.1) is 0 Å². The van der Waals surface area contributed by atoms with Gasteiger partial charge < -0.3 is 40.2 Å². The minimum Gasteiger partial charge on any atom is -0.497 e. The molecule has 0 heterocycles. The number of benzene rings is 2. The molecule has 0 saturated heterocycles. The van der Waals surface area contributed by atoms with Crippen molar-refractivity contribution in [2.45, 2.75) is 38.5 Å². The minimum atomic E-state index is -0.0331. The van der Waals surface area contributed by atoms with Crippen LogP contribution in [0.2, 0.25) is 0 Å². The molecule has 0 spiro atoms. The average Bonchev–Trinajstić information content (AvgIpc) is 2.97. The third-order valence-corrected chi connectivity index (χ3v) is 6.34. The number of rotatable bonds is 21. The fraction of sp³-hybridized carbons (Fsp3) is 0.533. The Labute approximate surface area is 238 Å². The molecule has 40 heavy (non-hydrogen) atoms. The number of carbonyl (C=O) groups excluding carboxylic acids is 2. The summed E-state index contributed by atoms with van der Waals surface area (Å²) in [5.74, 6) is 2.70. The molecule has 0 aliphatic carbocycles. The number of amides is 2. The molecule has 0 fully saturated rings. The molecule has 2 amide bonds. The van der Waals surface area contributed by atoms with E-state index in [1.807, 2.05) is 36.4 Å². The van der Waals surface area contributed by atoms with Gasteiger partial charge in [-0.15, -0.1) is 0 Å². The molecular weight excluding hydrogens is 512 g/mol. The molecule has 2 rings (SSSR count). The van der Waals surface area contributed by atoms with Gasteiger partial charge in [-0.25, -0.2) is 0 Å². The Morgan fingerprint density at radius 1 is 0.550 bits per heavy atom. The second-order valence-electron chi connectivity index (χ2n) is 9.32. The molecule has 0 aliphatic rings. The fourth-order valence-electron chi connectivity index (χ4n) is 4.14. The smallest absolute Gasteiger partial charge is 0.224 e. The summed E-state index contributed by atoms with van der Waals surface area (Å²) in [6.45, 7) is 4.86. The van der Waals surface area contributed by atoms with Gasteiger partial charge in [0, 0.05) is 24.2 Å². The number of methoxy groups -OCH3 is 4. The van der Waals surface area contributed by atoms with E-state index in [0.29, 0.717) is 36.1 Å². The molecule has 222 valence electrons. The summed E-state index contributed by atoms with van der Waals surface area (Å²) in [5, 5.41) is 12.8. The van der Waals surface area contributed by atoms with E-state index < -0.39 is 0 Å². The van der Waals surface area contributed by atoms with Crippen molar-refractivity contribution in [2.75, 3.05) is 67.7 Å². The standard InChI is InChI=1S/C30H46N4O6/c1-37-25-9-11-27(39-3)23(19-25)21-29(35)33-17-7-15-31-13-5-6-14-32-16-8-18-34-30(36)22-24-20-26(38-2)10-12-28(24)40-4/h9-12,19-20,31-32H,5-8,13-18,21-22H2,1-4H3,(H,33,35)(H,34,36). The van der Waals surface area contributed by atoms with Crippen molar-refractivity contribution in [1.82, 2.24) is 21.3 Å². The molecule has 0 saturated carbocycles. The van der Waals surface area contributed by atoms with Crippen LogP contribution in [0.25, 0.3) is 0 Å². The van der Waals surface area contributed by atoms with Crippen LogP contribution in [0.3, 0.4) is 0 Å². The first kappa shape index (κ1) is 32.7. The fourth-order valence-corrected chi connectivity index (χ4v) is 4.14. The lowest BCUT2D eigenvalue weighted by atomic mass is 10.1. The van der Waals surface area contributed by atoms with Crippen molar-refractivity contribution >= 4 is 11.8 Å². The highest BCUT2D eigenvalue weighted by molar-refractivity contribution is 5.80. The number of unbranched alkanes of at least 4 members (excludes halogenated alkanes) is 1. The Hall–Kier alpha value is -3.50. The van der Waals surface area contributed by atoms with Crippen LogP contribution in [0.4, 0.5) is 0 Å². The molecule has 0 radical (unpaired) electrons. The van der Waals surface area contributed by atoms with Gasteiger partial charge in [0.25, 0.3) is 0 Å². The highest BCUT2D eigenvalue weighted by atomic mass is 16.5. The van der Waals surface area contributed by atoms with Gasteiger partial charge in [-0.1, -0.05) is 0 Å². The zero-order valence-electron chi connectivity index (χ0n) is 24.4. The third-order valence-electron chi connectivity index (χ3n) is 6.34. The highest BCUT2D eigenvalue weighted by Crippen LogP contribution is 2.25. The number of hydrogen-bond acceptors (Lipinski definition) is 8. The second kappa shape index (κ2) is 19.5. The average molecular weight is 559 g/mol. The van der Waals surface area contributed by atoms with E-state index in [9.17, 15) is 9.59 Å². The molecule has 0 aliphatic heterocycles. The summed E-state index contributed by atoms with van der Waals surface area (Å²) in [6, 6.07) is 10.9. The van der Waals surface area contributed by atoms with Crippen LogP contribution in [-0.2, 0) is 22.4 Å². The van der Waals surface area contributed by atoms with Crippen molar-refractivity contribution in [2.24, 2.45) is 0 Å². The van der Waals surface area contributed by atoms with E-state index in [2.05, 4.69) is 21.3 Å². The van der Waals surface area contributed by atoms with Crippen molar-refractivity contribution in [1.29, 1.82) is 0 Å². The maximum absolute atomic E-state index is 12.3. The van der Waals surface area contributed by atoms with Crippen LogP contribution in [0.15, 0.2) is 36.4 Å². The summed E-state index contributed by atoms with van der Waals surface area (Å²) in [7, 11) is 6.39. The maximum atomic E-state index is 12.3. The monoisotopic (exact) mass is 558 g/mol. The van der Waals surface area contributed by atoms with Gasteiger partial charge in [0.2, 0.25) is 11.8 Å². The lowest BCUT2D eigenvalue weighted by Crippen LogP contribution is -2.29. The number of carbonyl (C=O) groups is 2. The molecule has 10 heteroatoms. The van der Waals surface area contributed by atoms with Gasteiger partial charge in [0.1, 0.15) is 23.0 Å². The first-order valence-corrected chi connectivity index (χ1v) is 13.9. The molecule has 2 aromatic rings. The van der Waals surface area contributed by atoms with Crippen LogP contribution in [0.5, 0.6) is 23.0 Å². The lowest BCUT2D eigenvalue weighted by molar-refractivity contribution is -0.121. The summed E-state index contributed by atoms with van der Waals surface area (Å²) in [6.07, 6.45) is 4.41. The van der Waals surface area contributed by atoms with E-state index in [4.69, 9.17) is 18.9 Å². The second-order valence-corrected chi connectivity index (χ2v) is 9.32. The summed E-state index contributed by atoms with van der Waals surface area (Å²) >= 11 is 0.